The minimum Gasteiger partial charge on any atom is -0.462 e. The fourth-order valence-corrected chi connectivity index (χ4v) is 3.47. The third kappa shape index (κ3) is 3.31. The van der Waals surface area contributed by atoms with E-state index in [1.54, 1.807) is 13.0 Å². The molecule has 1 aromatic carbocycles. The summed E-state index contributed by atoms with van der Waals surface area (Å²) >= 11 is 0. The van der Waals surface area contributed by atoms with Gasteiger partial charge < -0.3 is 14.2 Å². The van der Waals surface area contributed by atoms with E-state index in [2.05, 4.69) is 6.07 Å². The fourth-order valence-electron chi connectivity index (χ4n) is 3.47. The SMILES string of the molecule is CCOC(=O)c1cc(C)n(CC(=O)N2CCCc3ccccc32)c1C. The van der Waals surface area contributed by atoms with Crippen LogP contribution >= 0.6 is 0 Å². The van der Waals surface area contributed by atoms with Crippen molar-refractivity contribution in [3.8, 4) is 0 Å². The van der Waals surface area contributed by atoms with E-state index in [-0.39, 0.29) is 18.4 Å². The number of nitrogens with zero attached hydrogens (tertiary/aromatic N) is 2. The Morgan fingerprint density at radius 2 is 1.96 bits per heavy atom. The van der Waals surface area contributed by atoms with Crippen LogP contribution in [0.5, 0.6) is 0 Å². The van der Waals surface area contributed by atoms with Gasteiger partial charge in [0.25, 0.3) is 0 Å². The molecular weight excluding hydrogens is 316 g/mol. The maximum Gasteiger partial charge on any atom is 0.339 e. The minimum atomic E-state index is -0.336. The summed E-state index contributed by atoms with van der Waals surface area (Å²) in [5.41, 5.74) is 4.42. The molecule has 1 amide bonds. The van der Waals surface area contributed by atoms with Gasteiger partial charge in [-0.2, -0.15) is 0 Å². The number of fused-ring (bicyclic) bond motifs is 1. The first-order valence-electron chi connectivity index (χ1n) is 8.75. The Bertz CT molecular complexity index is 807. The summed E-state index contributed by atoms with van der Waals surface area (Å²) in [7, 11) is 0. The maximum absolute atomic E-state index is 12.9. The molecule has 0 saturated carbocycles. The van der Waals surface area contributed by atoms with Gasteiger partial charge in [0.05, 0.1) is 12.2 Å². The van der Waals surface area contributed by atoms with Crippen LogP contribution in [0.1, 0.15) is 40.7 Å². The van der Waals surface area contributed by atoms with E-state index >= 15 is 0 Å². The molecule has 1 aliphatic rings. The summed E-state index contributed by atoms with van der Waals surface area (Å²) < 4.78 is 6.99. The standard InChI is InChI=1S/C20H24N2O3/c1-4-25-20(24)17-12-14(2)22(15(17)3)13-19(23)21-11-7-9-16-8-5-6-10-18(16)21/h5-6,8,10,12H,4,7,9,11,13H2,1-3H3. The molecule has 2 heterocycles. The van der Waals surface area contributed by atoms with Gasteiger partial charge in [0, 0.05) is 23.6 Å². The van der Waals surface area contributed by atoms with Crippen LogP contribution in [0.15, 0.2) is 30.3 Å². The van der Waals surface area contributed by atoms with E-state index < -0.39 is 0 Å². The Morgan fingerprint density at radius 1 is 1.20 bits per heavy atom. The van der Waals surface area contributed by atoms with E-state index in [0.717, 1.165) is 36.5 Å². The lowest BCUT2D eigenvalue weighted by Gasteiger charge is -2.30. The molecule has 1 aliphatic heterocycles. The summed E-state index contributed by atoms with van der Waals surface area (Å²) in [5, 5.41) is 0. The van der Waals surface area contributed by atoms with E-state index in [1.165, 1.54) is 5.56 Å². The summed E-state index contributed by atoms with van der Waals surface area (Å²) in [6, 6.07) is 9.87. The van der Waals surface area contributed by atoms with Gasteiger partial charge in [-0.05, 0) is 51.3 Å². The number of amides is 1. The first-order chi connectivity index (χ1) is 12.0. The fraction of sp³-hybridized carbons (Fsp3) is 0.400. The zero-order valence-electron chi connectivity index (χ0n) is 15.0. The van der Waals surface area contributed by atoms with Crippen LogP contribution in [0, 0.1) is 13.8 Å². The zero-order valence-corrected chi connectivity index (χ0v) is 15.0. The average Bonchev–Trinajstić information content (AvgIpc) is 2.89. The molecule has 0 fully saturated rings. The number of rotatable bonds is 4. The second kappa shape index (κ2) is 7.13. The van der Waals surface area contributed by atoms with Gasteiger partial charge >= 0.3 is 5.97 Å². The van der Waals surface area contributed by atoms with Crippen LogP contribution in [-0.4, -0.2) is 29.6 Å². The summed E-state index contributed by atoms with van der Waals surface area (Å²) in [4.78, 5) is 26.8. The van der Waals surface area contributed by atoms with Crippen LogP contribution in [0.3, 0.4) is 0 Å². The molecule has 0 unspecified atom stereocenters. The van der Waals surface area contributed by atoms with Crippen molar-refractivity contribution >= 4 is 17.6 Å². The Kier molecular flexibility index (Phi) is 4.93. The Morgan fingerprint density at radius 3 is 2.72 bits per heavy atom. The van der Waals surface area contributed by atoms with Gasteiger partial charge in [-0.25, -0.2) is 4.79 Å². The number of aryl methyl sites for hydroxylation is 2. The molecule has 0 bridgehead atoms. The van der Waals surface area contributed by atoms with E-state index in [0.29, 0.717) is 12.2 Å². The molecular formula is C20H24N2O3. The maximum atomic E-state index is 12.9. The van der Waals surface area contributed by atoms with E-state index in [4.69, 9.17) is 4.74 Å². The van der Waals surface area contributed by atoms with Gasteiger partial charge in [0.15, 0.2) is 0 Å². The van der Waals surface area contributed by atoms with Crippen molar-refractivity contribution in [2.24, 2.45) is 0 Å². The number of para-hydroxylation sites is 1. The van der Waals surface area contributed by atoms with Gasteiger partial charge in [-0.15, -0.1) is 0 Å². The van der Waals surface area contributed by atoms with Gasteiger partial charge in [-0.1, -0.05) is 18.2 Å². The molecule has 5 nitrogen and oxygen atoms in total. The average molecular weight is 340 g/mol. The molecule has 0 atom stereocenters. The highest BCUT2D eigenvalue weighted by molar-refractivity contribution is 5.95. The number of hydrogen-bond acceptors (Lipinski definition) is 3. The minimum absolute atomic E-state index is 0.0457. The monoisotopic (exact) mass is 340 g/mol. The van der Waals surface area contributed by atoms with Crippen molar-refractivity contribution in [1.29, 1.82) is 0 Å². The molecule has 5 heteroatoms. The number of carbonyl (C=O) groups excluding carboxylic acids is 2. The number of anilines is 1. The molecule has 25 heavy (non-hydrogen) atoms. The highest BCUT2D eigenvalue weighted by Gasteiger charge is 2.24. The van der Waals surface area contributed by atoms with Crippen LogP contribution < -0.4 is 4.90 Å². The molecule has 132 valence electrons. The normalized spacial score (nSPS) is 13.5. The van der Waals surface area contributed by atoms with Crippen molar-refractivity contribution < 1.29 is 14.3 Å². The second-order valence-electron chi connectivity index (χ2n) is 6.37. The number of aromatic nitrogens is 1. The van der Waals surface area contributed by atoms with Crippen molar-refractivity contribution in [3.63, 3.8) is 0 Å². The van der Waals surface area contributed by atoms with E-state index in [9.17, 15) is 9.59 Å². The van der Waals surface area contributed by atoms with Crippen molar-refractivity contribution in [1.82, 2.24) is 4.57 Å². The second-order valence-corrected chi connectivity index (χ2v) is 6.37. The predicted octanol–water partition coefficient (Wildman–Crippen LogP) is 3.26. The quantitative estimate of drug-likeness (QED) is 0.803. The molecule has 2 aromatic rings. The Hall–Kier alpha value is -2.56. The number of hydrogen-bond donors (Lipinski definition) is 0. The number of esters is 1. The molecule has 1 aromatic heterocycles. The lowest BCUT2D eigenvalue weighted by Crippen LogP contribution is -2.38. The highest BCUT2D eigenvalue weighted by atomic mass is 16.5. The lowest BCUT2D eigenvalue weighted by atomic mass is 10.0. The highest BCUT2D eigenvalue weighted by Crippen LogP contribution is 2.27. The smallest absolute Gasteiger partial charge is 0.339 e. The molecule has 0 spiro atoms. The number of ether oxygens (including phenoxy) is 1. The van der Waals surface area contributed by atoms with E-state index in [1.807, 2.05) is 41.5 Å². The van der Waals surface area contributed by atoms with Gasteiger partial charge in [-0.3, -0.25) is 4.79 Å². The summed E-state index contributed by atoms with van der Waals surface area (Å²) in [5.74, 6) is -0.290. The Labute approximate surface area is 148 Å². The van der Waals surface area contributed by atoms with Gasteiger partial charge in [0.2, 0.25) is 5.91 Å². The third-order valence-electron chi connectivity index (χ3n) is 4.77. The third-order valence-corrected chi connectivity index (χ3v) is 4.77. The lowest BCUT2D eigenvalue weighted by molar-refractivity contribution is -0.119. The van der Waals surface area contributed by atoms with Crippen molar-refractivity contribution in [2.75, 3.05) is 18.1 Å². The summed E-state index contributed by atoms with van der Waals surface area (Å²) in [6.45, 7) is 6.86. The first-order valence-corrected chi connectivity index (χ1v) is 8.75. The van der Waals surface area contributed by atoms with Gasteiger partial charge in [0.1, 0.15) is 6.54 Å². The molecule has 0 saturated heterocycles. The zero-order chi connectivity index (χ0) is 18.0. The largest absolute Gasteiger partial charge is 0.462 e. The molecule has 0 radical (unpaired) electrons. The molecule has 0 N–H and O–H groups in total. The van der Waals surface area contributed by atoms with Crippen LogP contribution in [-0.2, 0) is 22.5 Å². The topological polar surface area (TPSA) is 51.5 Å². The van der Waals surface area contributed by atoms with Crippen molar-refractivity contribution in [2.45, 2.75) is 40.2 Å². The molecule has 0 aliphatic carbocycles. The van der Waals surface area contributed by atoms with Crippen LogP contribution in [0.2, 0.25) is 0 Å². The van der Waals surface area contributed by atoms with Crippen LogP contribution in [0.25, 0.3) is 0 Å². The molecule has 3 rings (SSSR count). The number of carbonyl (C=O) groups is 2. The first kappa shape index (κ1) is 17.3. The van der Waals surface area contributed by atoms with Crippen LogP contribution in [0.4, 0.5) is 5.69 Å². The summed E-state index contributed by atoms with van der Waals surface area (Å²) in [6.07, 6.45) is 1.98. The Balaban J connectivity index is 1.84. The van der Waals surface area contributed by atoms with Crippen molar-refractivity contribution in [3.05, 3.63) is 52.8 Å². The predicted molar refractivity (Wildman–Crippen MR) is 97.0 cm³/mol. The number of benzene rings is 1.